The molecule has 0 aliphatic rings. The molecule has 26 heavy (non-hydrogen) atoms. The minimum absolute atomic E-state index is 0.0110. The number of hydrogen-bond acceptors (Lipinski definition) is 4. The first-order valence-electron chi connectivity index (χ1n) is 7.51. The van der Waals surface area contributed by atoms with Crippen molar-refractivity contribution in [1.82, 2.24) is 5.32 Å². The average molecular weight is 387 g/mol. The first-order chi connectivity index (χ1) is 12.2. The van der Waals surface area contributed by atoms with Crippen molar-refractivity contribution in [2.45, 2.75) is 30.2 Å². The zero-order valence-corrected chi connectivity index (χ0v) is 14.5. The number of amides is 1. The van der Waals surface area contributed by atoms with Gasteiger partial charge in [0.1, 0.15) is 16.8 Å². The van der Waals surface area contributed by atoms with Gasteiger partial charge in [0.2, 0.25) is 5.91 Å². The Balaban J connectivity index is 1.99. The number of nitrogens with one attached hydrogen (secondary N) is 1. The minimum atomic E-state index is -3.96. The van der Waals surface area contributed by atoms with E-state index in [1.807, 2.05) is 0 Å². The number of carbonyl (C=O) groups is 1. The summed E-state index contributed by atoms with van der Waals surface area (Å²) in [6, 6.07) is 9.75. The molecule has 2 aromatic carbocycles. The molecule has 0 saturated heterocycles. The molecule has 0 aromatic heterocycles. The van der Waals surface area contributed by atoms with Crippen molar-refractivity contribution in [2.24, 2.45) is 0 Å². The summed E-state index contributed by atoms with van der Waals surface area (Å²) in [6.07, 6.45) is 0. The lowest BCUT2D eigenvalue weighted by molar-refractivity contribution is -0.120. The number of rotatable bonds is 7. The Hall–Kier alpha value is -2.55. The third kappa shape index (κ3) is 4.98. The van der Waals surface area contributed by atoms with Crippen molar-refractivity contribution in [3.8, 4) is 5.75 Å². The number of benzene rings is 2. The molecule has 1 amide bonds. The smallest absolute Gasteiger partial charge is 0.387 e. The normalized spacial score (nSPS) is 12.7. The van der Waals surface area contributed by atoms with E-state index < -0.39 is 33.4 Å². The molecule has 0 fully saturated rings. The highest BCUT2D eigenvalue weighted by Crippen LogP contribution is 2.18. The Morgan fingerprint density at radius 3 is 2.19 bits per heavy atom. The second-order valence-corrected chi connectivity index (χ2v) is 7.65. The molecule has 0 unspecified atom stereocenters. The van der Waals surface area contributed by atoms with E-state index in [1.54, 1.807) is 0 Å². The molecule has 2 rings (SSSR count). The first-order valence-corrected chi connectivity index (χ1v) is 9.05. The standard InChI is InChI=1S/C17H16F3NO4S/c1-11(26(23,24)15-8-4-13(18)5-9-15)16(22)21-10-12-2-6-14(7-3-12)25-17(19)20/h2-9,11,17H,10H2,1H3,(H,21,22)/t11-/m0/s1. The molecular formula is C17H16F3NO4S. The van der Waals surface area contributed by atoms with Crippen LogP contribution in [0.1, 0.15) is 12.5 Å². The average Bonchev–Trinajstić information content (AvgIpc) is 2.60. The summed E-state index contributed by atoms with van der Waals surface area (Å²) < 4.78 is 66.0. The van der Waals surface area contributed by atoms with E-state index in [0.29, 0.717) is 5.56 Å². The van der Waals surface area contributed by atoms with Gasteiger partial charge in [-0.2, -0.15) is 8.78 Å². The summed E-state index contributed by atoms with van der Waals surface area (Å²) in [7, 11) is -3.96. The van der Waals surface area contributed by atoms with Gasteiger partial charge in [0, 0.05) is 6.54 Å². The topological polar surface area (TPSA) is 72.5 Å². The largest absolute Gasteiger partial charge is 0.435 e. The third-order valence-corrected chi connectivity index (χ3v) is 5.67. The maximum absolute atomic E-state index is 12.9. The van der Waals surface area contributed by atoms with E-state index in [4.69, 9.17) is 0 Å². The van der Waals surface area contributed by atoms with Crippen LogP contribution in [0, 0.1) is 5.82 Å². The van der Waals surface area contributed by atoms with E-state index in [-0.39, 0.29) is 17.2 Å². The Bertz CT molecular complexity index is 853. The fourth-order valence-corrected chi connectivity index (χ4v) is 3.38. The summed E-state index contributed by atoms with van der Waals surface area (Å²) in [5.74, 6) is -1.34. The molecule has 0 aliphatic carbocycles. The summed E-state index contributed by atoms with van der Waals surface area (Å²) in [4.78, 5) is 12.0. The fraction of sp³-hybridized carbons (Fsp3) is 0.235. The zero-order valence-electron chi connectivity index (χ0n) is 13.7. The highest BCUT2D eigenvalue weighted by atomic mass is 32.2. The van der Waals surface area contributed by atoms with Crippen molar-refractivity contribution in [3.63, 3.8) is 0 Å². The van der Waals surface area contributed by atoms with E-state index in [0.717, 1.165) is 24.3 Å². The third-order valence-electron chi connectivity index (χ3n) is 3.59. The van der Waals surface area contributed by atoms with Gasteiger partial charge in [0.05, 0.1) is 4.90 Å². The molecule has 0 saturated carbocycles. The van der Waals surface area contributed by atoms with Gasteiger partial charge in [0.15, 0.2) is 9.84 Å². The molecule has 0 aliphatic heterocycles. The second-order valence-electron chi connectivity index (χ2n) is 5.38. The number of hydrogen-bond donors (Lipinski definition) is 1. The van der Waals surface area contributed by atoms with Crippen LogP contribution in [0.15, 0.2) is 53.4 Å². The van der Waals surface area contributed by atoms with Crippen LogP contribution in [0.5, 0.6) is 5.75 Å². The number of ether oxygens (including phenoxy) is 1. The van der Waals surface area contributed by atoms with Gasteiger partial charge in [-0.25, -0.2) is 12.8 Å². The Morgan fingerprint density at radius 2 is 1.65 bits per heavy atom. The van der Waals surface area contributed by atoms with Crippen LogP contribution >= 0.6 is 0 Å². The zero-order chi connectivity index (χ0) is 19.3. The molecule has 0 bridgehead atoms. The Labute approximate surface area is 148 Å². The van der Waals surface area contributed by atoms with Crippen molar-refractivity contribution in [2.75, 3.05) is 0 Å². The van der Waals surface area contributed by atoms with E-state index in [1.165, 1.54) is 31.2 Å². The van der Waals surface area contributed by atoms with E-state index in [2.05, 4.69) is 10.1 Å². The lowest BCUT2D eigenvalue weighted by Crippen LogP contribution is -2.37. The van der Waals surface area contributed by atoms with Gasteiger partial charge in [-0.15, -0.1) is 0 Å². The van der Waals surface area contributed by atoms with Crippen LogP contribution in [0.2, 0.25) is 0 Å². The van der Waals surface area contributed by atoms with Crippen molar-refractivity contribution in [3.05, 3.63) is 59.9 Å². The van der Waals surface area contributed by atoms with Gasteiger partial charge >= 0.3 is 6.61 Å². The fourth-order valence-electron chi connectivity index (χ4n) is 2.09. The summed E-state index contributed by atoms with van der Waals surface area (Å²) >= 11 is 0. The first kappa shape index (κ1) is 19.8. The molecule has 1 N–H and O–H groups in total. The molecule has 0 radical (unpaired) electrons. The maximum atomic E-state index is 12.9. The van der Waals surface area contributed by atoms with Gasteiger partial charge < -0.3 is 10.1 Å². The SMILES string of the molecule is C[C@@H](C(=O)NCc1ccc(OC(F)F)cc1)S(=O)(=O)c1ccc(F)cc1. The molecule has 9 heteroatoms. The van der Waals surface area contributed by atoms with Crippen LogP contribution in [-0.4, -0.2) is 26.2 Å². The van der Waals surface area contributed by atoms with Crippen molar-refractivity contribution < 1.29 is 31.1 Å². The van der Waals surface area contributed by atoms with Gasteiger partial charge in [-0.1, -0.05) is 12.1 Å². The number of sulfone groups is 1. The molecular weight excluding hydrogens is 371 g/mol. The van der Waals surface area contributed by atoms with Gasteiger partial charge in [0.25, 0.3) is 0 Å². The predicted octanol–water partition coefficient (Wildman–Crippen LogP) is 2.91. The molecule has 140 valence electrons. The quantitative estimate of drug-likeness (QED) is 0.742. The summed E-state index contributed by atoms with van der Waals surface area (Å²) in [5, 5.41) is 1.08. The number of alkyl halides is 2. The van der Waals surface area contributed by atoms with Crippen LogP contribution in [0.4, 0.5) is 13.2 Å². The van der Waals surface area contributed by atoms with Crippen LogP contribution < -0.4 is 10.1 Å². The van der Waals surface area contributed by atoms with Gasteiger partial charge in [-0.05, 0) is 48.9 Å². The molecule has 5 nitrogen and oxygen atoms in total. The summed E-state index contributed by atoms with van der Waals surface area (Å²) in [5.41, 5.74) is 0.575. The monoisotopic (exact) mass is 387 g/mol. The van der Waals surface area contributed by atoms with Gasteiger partial charge in [-0.3, -0.25) is 4.79 Å². The van der Waals surface area contributed by atoms with E-state index >= 15 is 0 Å². The van der Waals surface area contributed by atoms with Crippen molar-refractivity contribution >= 4 is 15.7 Å². The highest BCUT2D eigenvalue weighted by Gasteiger charge is 2.29. The second kappa shape index (κ2) is 8.22. The maximum Gasteiger partial charge on any atom is 0.387 e. The van der Waals surface area contributed by atoms with E-state index in [9.17, 15) is 26.4 Å². The number of carbonyl (C=O) groups excluding carboxylic acids is 1. The molecule has 1 atom stereocenters. The van der Waals surface area contributed by atoms with Crippen LogP contribution in [0.25, 0.3) is 0 Å². The highest BCUT2D eigenvalue weighted by molar-refractivity contribution is 7.92. The lowest BCUT2D eigenvalue weighted by Gasteiger charge is -2.14. The number of halogens is 3. The predicted molar refractivity (Wildman–Crippen MR) is 88.0 cm³/mol. The van der Waals surface area contributed by atoms with Crippen molar-refractivity contribution in [1.29, 1.82) is 0 Å². The molecule has 0 spiro atoms. The summed E-state index contributed by atoms with van der Waals surface area (Å²) in [6.45, 7) is -1.69. The Kier molecular flexibility index (Phi) is 6.25. The van der Waals surface area contributed by atoms with Crippen LogP contribution in [-0.2, 0) is 21.2 Å². The molecule has 0 heterocycles. The van der Waals surface area contributed by atoms with Crippen LogP contribution in [0.3, 0.4) is 0 Å². The Morgan fingerprint density at radius 1 is 1.08 bits per heavy atom. The molecule has 2 aromatic rings. The minimum Gasteiger partial charge on any atom is -0.435 e. The lowest BCUT2D eigenvalue weighted by atomic mass is 10.2.